The lowest BCUT2D eigenvalue weighted by atomic mass is 10.0. The van der Waals surface area contributed by atoms with Crippen molar-refractivity contribution in [1.82, 2.24) is 10.2 Å². The number of piperidine rings is 1. The number of carbonyl (C=O) groups excluding carboxylic acids is 1. The second-order valence-corrected chi connectivity index (χ2v) is 5.69. The monoisotopic (exact) mass is 292 g/mol. The largest absolute Gasteiger partial charge is 0.341 e. The van der Waals surface area contributed by atoms with E-state index in [1.54, 1.807) is 11.0 Å². The summed E-state index contributed by atoms with van der Waals surface area (Å²) in [6.45, 7) is 1.83. The van der Waals surface area contributed by atoms with Crippen molar-refractivity contribution in [2.75, 3.05) is 20.1 Å². The Morgan fingerprint density at radius 2 is 2.15 bits per heavy atom. The molecular weight excluding hydrogens is 272 g/mol. The third-order valence-corrected chi connectivity index (χ3v) is 3.82. The Balaban J connectivity index is 1.85. The molecule has 2 rings (SSSR count). The molecule has 1 amide bonds. The summed E-state index contributed by atoms with van der Waals surface area (Å²) < 4.78 is 0. The molecule has 0 radical (unpaired) electrons. The molecular formula is C16H21ClN2O. The number of amides is 1. The Kier molecular flexibility index (Phi) is 5.62. The van der Waals surface area contributed by atoms with Crippen molar-refractivity contribution in [3.8, 4) is 0 Å². The standard InChI is InChI=1S/C16H21ClN2O/c1-19(12-15-4-2-3-11-18-15)16(20)10-7-13-5-8-14(17)9-6-13/h5-10,15,18H,2-4,11-12H2,1H3/b10-7+. The molecule has 1 atom stereocenters. The van der Waals surface area contributed by atoms with Crippen LogP contribution < -0.4 is 5.32 Å². The smallest absolute Gasteiger partial charge is 0.246 e. The van der Waals surface area contributed by atoms with Crippen LogP contribution in [0.2, 0.25) is 5.02 Å². The zero-order chi connectivity index (χ0) is 14.4. The minimum atomic E-state index is 0.0346. The van der Waals surface area contributed by atoms with Crippen LogP contribution in [0.3, 0.4) is 0 Å². The predicted octanol–water partition coefficient (Wildman–Crippen LogP) is 2.95. The maximum atomic E-state index is 12.0. The number of benzene rings is 1. The molecule has 1 aliphatic heterocycles. The Morgan fingerprint density at radius 3 is 2.80 bits per heavy atom. The van der Waals surface area contributed by atoms with Gasteiger partial charge in [0.2, 0.25) is 5.91 Å². The molecule has 1 saturated heterocycles. The molecule has 1 aromatic rings. The van der Waals surface area contributed by atoms with E-state index in [1.165, 1.54) is 12.8 Å². The molecule has 20 heavy (non-hydrogen) atoms. The number of nitrogens with one attached hydrogen (secondary N) is 1. The molecule has 4 heteroatoms. The summed E-state index contributed by atoms with van der Waals surface area (Å²) in [4.78, 5) is 13.8. The van der Waals surface area contributed by atoms with Crippen LogP contribution in [0.1, 0.15) is 24.8 Å². The van der Waals surface area contributed by atoms with Gasteiger partial charge < -0.3 is 10.2 Å². The lowest BCUT2D eigenvalue weighted by Gasteiger charge is -2.27. The van der Waals surface area contributed by atoms with Gasteiger partial charge in [0.15, 0.2) is 0 Å². The number of likely N-dealkylation sites (N-methyl/N-ethyl adjacent to an activating group) is 1. The van der Waals surface area contributed by atoms with Crippen LogP contribution in [0.15, 0.2) is 30.3 Å². The zero-order valence-corrected chi connectivity index (χ0v) is 12.6. The van der Waals surface area contributed by atoms with Gasteiger partial charge in [0.25, 0.3) is 0 Å². The summed E-state index contributed by atoms with van der Waals surface area (Å²) in [5.74, 6) is 0.0346. The third-order valence-electron chi connectivity index (χ3n) is 3.57. The molecule has 0 aromatic heterocycles. The van der Waals surface area contributed by atoms with Gasteiger partial charge in [0.05, 0.1) is 0 Å². The number of halogens is 1. The van der Waals surface area contributed by atoms with Crippen LogP contribution in [0.4, 0.5) is 0 Å². The second-order valence-electron chi connectivity index (χ2n) is 5.25. The van der Waals surface area contributed by atoms with Crippen molar-refractivity contribution in [1.29, 1.82) is 0 Å². The highest BCUT2D eigenvalue weighted by Crippen LogP contribution is 2.11. The normalized spacial score (nSPS) is 19.2. The van der Waals surface area contributed by atoms with E-state index in [-0.39, 0.29) is 5.91 Å². The summed E-state index contributed by atoms with van der Waals surface area (Å²) >= 11 is 5.83. The Hall–Kier alpha value is -1.32. The Labute approximate surface area is 125 Å². The molecule has 1 fully saturated rings. The second kappa shape index (κ2) is 7.46. The van der Waals surface area contributed by atoms with Crippen LogP contribution in [0, 0.1) is 0 Å². The van der Waals surface area contributed by atoms with Crippen molar-refractivity contribution < 1.29 is 4.79 Å². The van der Waals surface area contributed by atoms with E-state index >= 15 is 0 Å². The van der Waals surface area contributed by atoms with Crippen LogP contribution >= 0.6 is 11.6 Å². The van der Waals surface area contributed by atoms with Crippen LogP contribution in [-0.4, -0.2) is 37.0 Å². The predicted molar refractivity (Wildman–Crippen MR) is 83.8 cm³/mol. The Morgan fingerprint density at radius 1 is 1.40 bits per heavy atom. The first-order valence-corrected chi connectivity index (χ1v) is 7.45. The number of hydrogen-bond acceptors (Lipinski definition) is 2. The number of rotatable bonds is 4. The minimum absolute atomic E-state index is 0.0346. The molecule has 0 saturated carbocycles. The van der Waals surface area contributed by atoms with E-state index in [4.69, 9.17) is 11.6 Å². The molecule has 1 unspecified atom stereocenters. The van der Waals surface area contributed by atoms with Crippen LogP contribution in [0.25, 0.3) is 6.08 Å². The molecule has 1 aliphatic rings. The van der Waals surface area contributed by atoms with Gasteiger partial charge in [0.1, 0.15) is 0 Å². The molecule has 3 nitrogen and oxygen atoms in total. The van der Waals surface area contributed by atoms with Gasteiger partial charge in [-0.25, -0.2) is 0 Å². The lowest BCUT2D eigenvalue weighted by Crippen LogP contribution is -2.43. The average Bonchev–Trinajstić information content (AvgIpc) is 2.47. The number of carbonyl (C=O) groups is 1. The zero-order valence-electron chi connectivity index (χ0n) is 11.8. The van der Waals surface area contributed by atoms with Crippen molar-refractivity contribution >= 4 is 23.6 Å². The van der Waals surface area contributed by atoms with E-state index in [9.17, 15) is 4.79 Å². The molecule has 1 heterocycles. The maximum Gasteiger partial charge on any atom is 0.246 e. The molecule has 108 valence electrons. The van der Waals surface area contributed by atoms with Crippen LogP contribution in [-0.2, 0) is 4.79 Å². The highest BCUT2D eigenvalue weighted by molar-refractivity contribution is 6.30. The van der Waals surface area contributed by atoms with Gasteiger partial charge in [-0.2, -0.15) is 0 Å². The molecule has 0 spiro atoms. The quantitative estimate of drug-likeness (QED) is 0.866. The topological polar surface area (TPSA) is 32.3 Å². The lowest BCUT2D eigenvalue weighted by molar-refractivity contribution is -0.125. The SMILES string of the molecule is CN(CC1CCCCN1)C(=O)/C=C/c1ccc(Cl)cc1. The van der Waals surface area contributed by atoms with Crippen molar-refractivity contribution in [2.45, 2.75) is 25.3 Å². The number of hydrogen-bond donors (Lipinski definition) is 1. The summed E-state index contributed by atoms with van der Waals surface area (Å²) in [5.41, 5.74) is 0.979. The van der Waals surface area contributed by atoms with Gasteiger partial charge in [0, 0.05) is 30.7 Å². The fourth-order valence-electron chi connectivity index (χ4n) is 2.37. The third kappa shape index (κ3) is 4.66. The molecule has 1 N–H and O–H groups in total. The average molecular weight is 293 g/mol. The number of nitrogens with zero attached hydrogens (tertiary/aromatic N) is 1. The van der Waals surface area contributed by atoms with Gasteiger partial charge in [-0.15, -0.1) is 0 Å². The highest BCUT2D eigenvalue weighted by atomic mass is 35.5. The van der Waals surface area contributed by atoms with E-state index in [0.717, 1.165) is 25.1 Å². The fourth-order valence-corrected chi connectivity index (χ4v) is 2.50. The molecule has 0 aliphatic carbocycles. The summed E-state index contributed by atoms with van der Waals surface area (Å²) in [5, 5.41) is 4.15. The van der Waals surface area contributed by atoms with Crippen molar-refractivity contribution in [3.63, 3.8) is 0 Å². The van der Waals surface area contributed by atoms with Gasteiger partial charge in [-0.05, 0) is 43.2 Å². The fraction of sp³-hybridized carbons (Fsp3) is 0.438. The van der Waals surface area contributed by atoms with Gasteiger partial charge in [-0.1, -0.05) is 30.2 Å². The minimum Gasteiger partial charge on any atom is -0.341 e. The van der Waals surface area contributed by atoms with Crippen LogP contribution in [0.5, 0.6) is 0 Å². The van der Waals surface area contributed by atoms with E-state index in [2.05, 4.69) is 5.32 Å². The van der Waals surface area contributed by atoms with Gasteiger partial charge in [-0.3, -0.25) is 4.79 Å². The van der Waals surface area contributed by atoms with Crippen molar-refractivity contribution in [3.05, 3.63) is 40.9 Å². The molecule has 1 aromatic carbocycles. The van der Waals surface area contributed by atoms with E-state index < -0.39 is 0 Å². The van der Waals surface area contributed by atoms with E-state index in [1.807, 2.05) is 37.4 Å². The maximum absolute atomic E-state index is 12.0. The summed E-state index contributed by atoms with van der Waals surface area (Å²) in [7, 11) is 1.85. The van der Waals surface area contributed by atoms with Crippen molar-refractivity contribution in [2.24, 2.45) is 0 Å². The van der Waals surface area contributed by atoms with Gasteiger partial charge >= 0.3 is 0 Å². The van der Waals surface area contributed by atoms with E-state index in [0.29, 0.717) is 11.1 Å². The summed E-state index contributed by atoms with van der Waals surface area (Å²) in [6, 6.07) is 7.87. The Bertz CT molecular complexity index is 464. The highest BCUT2D eigenvalue weighted by Gasteiger charge is 2.16. The molecule has 0 bridgehead atoms. The summed E-state index contributed by atoms with van der Waals surface area (Å²) in [6.07, 6.45) is 7.08. The first-order valence-electron chi connectivity index (χ1n) is 7.07. The first-order chi connectivity index (χ1) is 9.65. The first kappa shape index (κ1) is 15.1.